The molecule has 1 aromatic heterocycles. The third-order valence-corrected chi connectivity index (χ3v) is 2.74. The van der Waals surface area contributed by atoms with Gasteiger partial charge in [-0.1, -0.05) is 18.2 Å². The minimum atomic E-state index is -0.489. The highest BCUT2D eigenvalue weighted by atomic mass is 16.5. The summed E-state index contributed by atoms with van der Waals surface area (Å²) in [6.07, 6.45) is 0.523. The molecule has 0 aliphatic rings. The molecule has 0 aliphatic carbocycles. The summed E-state index contributed by atoms with van der Waals surface area (Å²) in [6.45, 7) is 0.252. The first-order valence-corrected chi connectivity index (χ1v) is 6.16. The summed E-state index contributed by atoms with van der Waals surface area (Å²) in [6, 6.07) is 10.6. The topological polar surface area (TPSA) is 97.7 Å². The van der Waals surface area contributed by atoms with Gasteiger partial charge in [-0.15, -0.1) is 0 Å². The molecule has 1 amide bonds. The molecule has 6 heteroatoms. The van der Waals surface area contributed by atoms with Gasteiger partial charge in [-0.2, -0.15) is 0 Å². The Balaban J connectivity index is 2.02. The lowest BCUT2D eigenvalue weighted by molar-refractivity contribution is 0.0922. The van der Waals surface area contributed by atoms with Gasteiger partial charge < -0.3 is 14.3 Å². The molecule has 0 fully saturated rings. The molecule has 0 radical (unpaired) electrons. The predicted molar refractivity (Wildman–Crippen MR) is 71.9 cm³/mol. The molecule has 0 saturated carbocycles. The Bertz CT molecular complexity index is 580. The fraction of sp³-hybridized carbons (Fsp3) is 0.214. The smallest absolute Gasteiger partial charge is 0.300 e. The number of carbonyl (C=O) groups is 1. The number of aliphatic hydroxyl groups excluding tert-OH is 1. The van der Waals surface area contributed by atoms with E-state index in [2.05, 4.69) is 0 Å². The number of nitrogens with two attached hydrogens (primary N) is 1. The minimum Gasteiger partial charge on any atom is -0.485 e. The van der Waals surface area contributed by atoms with Crippen LogP contribution in [0.3, 0.4) is 0 Å². The first-order chi connectivity index (χ1) is 9.74. The molecule has 0 spiro atoms. The zero-order chi connectivity index (χ0) is 14.4. The summed E-state index contributed by atoms with van der Waals surface area (Å²) >= 11 is 0. The van der Waals surface area contributed by atoms with Gasteiger partial charge in [0.15, 0.2) is 5.76 Å². The molecule has 106 valence electrons. The third kappa shape index (κ3) is 3.37. The zero-order valence-electron chi connectivity index (χ0n) is 10.8. The third-order valence-electron chi connectivity index (χ3n) is 2.74. The fourth-order valence-corrected chi connectivity index (χ4v) is 1.77. The molecule has 0 saturated heterocycles. The van der Waals surface area contributed by atoms with Crippen LogP contribution in [0.25, 0.3) is 0 Å². The highest BCUT2D eigenvalue weighted by Gasteiger charge is 2.10. The lowest BCUT2D eigenvalue weighted by Gasteiger charge is -2.09. The molecule has 1 aromatic carbocycles. The second-order valence-corrected chi connectivity index (χ2v) is 4.11. The van der Waals surface area contributed by atoms with Gasteiger partial charge in [0.2, 0.25) is 0 Å². The van der Waals surface area contributed by atoms with Gasteiger partial charge in [0, 0.05) is 6.61 Å². The minimum absolute atomic E-state index is 0.0575. The van der Waals surface area contributed by atoms with Crippen LogP contribution >= 0.6 is 0 Å². The number of hydrogen-bond donors (Lipinski definition) is 3. The molecule has 0 bridgehead atoms. The van der Waals surface area contributed by atoms with Crippen LogP contribution in [0.15, 0.2) is 40.8 Å². The van der Waals surface area contributed by atoms with Gasteiger partial charge in [0.1, 0.15) is 18.1 Å². The quantitative estimate of drug-likeness (QED) is 0.415. The number of carbonyl (C=O) groups excluding carboxylic acids is 1. The number of ether oxygens (including phenoxy) is 1. The van der Waals surface area contributed by atoms with Gasteiger partial charge in [0.25, 0.3) is 0 Å². The molecule has 20 heavy (non-hydrogen) atoms. The van der Waals surface area contributed by atoms with Gasteiger partial charge in [-0.25, -0.2) is 5.84 Å². The number of aliphatic hydroxyl groups is 1. The maximum atomic E-state index is 11.2. The number of benzene rings is 1. The molecule has 6 nitrogen and oxygen atoms in total. The first-order valence-electron chi connectivity index (χ1n) is 6.16. The van der Waals surface area contributed by atoms with Gasteiger partial charge in [-0.3, -0.25) is 10.2 Å². The molecular formula is C14H16N2O4. The van der Waals surface area contributed by atoms with E-state index >= 15 is 0 Å². The monoisotopic (exact) mass is 276 g/mol. The largest absolute Gasteiger partial charge is 0.485 e. The Morgan fingerprint density at radius 3 is 2.85 bits per heavy atom. The molecule has 0 unspecified atom stereocenters. The molecule has 0 atom stereocenters. The number of nitrogens with one attached hydrogen (secondary N) is 1. The van der Waals surface area contributed by atoms with E-state index in [1.165, 1.54) is 6.07 Å². The maximum absolute atomic E-state index is 11.2. The van der Waals surface area contributed by atoms with Crippen molar-refractivity contribution >= 4 is 5.91 Å². The number of para-hydroxylation sites is 1. The fourth-order valence-electron chi connectivity index (χ4n) is 1.77. The van der Waals surface area contributed by atoms with Crippen molar-refractivity contribution in [1.82, 2.24) is 5.43 Å². The number of hydrazine groups is 1. The van der Waals surface area contributed by atoms with Crippen LogP contribution < -0.4 is 16.0 Å². The normalized spacial score (nSPS) is 10.3. The lowest BCUT2D eigenvalue weighted by atomic mass is 10.1. The van der Waals surface area contributed by atoms with Crippen LogP contribution in [0.1, 0.15) is 21.9 Å². The molecule has 2 rings (SSSR count). The Morgan fingerprint density at radius 1 is 1.30 bits per heavy atom. The van der Waals surface area contributed by atoms with E-state index in [-0.39, 0.29) is 19.0 Å². The van der Waals surface area contributed by atoms with Crippen molar-refractivity contribution in [3.63, 3.8) is 0 Å². The molecule has 4 N–H and O–H groups in total. The van der Waals surface area contributed by atoms with Gasteiger partial charge in [-0.05, 0) is 30.2 Å². The maximum Gasteiger partial charge on any atom is 0.300 e. The first kappa shape index (κ1) is 14.1. The van der Waals surface area contributed by atoms with Crippen molar-refractivity contribution < 1.29 is 19.1 Å². The van der Waals surface area contributed by atoms with Crippen molar-refractivity contribution in [2.24, 2.45) is 5.84 Å². The van der Waals surface area contributed by atoms with Crippen molar-refractivity contribution in [3.8, 4) is 5.75 Å². The summed E-state index contributed by atoms with van der Waals surface area (Å²) < 4.78 is 10.9. The summed E-state index contributed by atoms with van der Waals surface area (Å²) in [5.74, 6) is 5.86. The van der Waals surface area contributed by atoms with E-state index in [1.54, 1.807) is 6.07 Å². The highest BCUT2D eigenvalue weighted by Crippen LogP contribution is 2.20. The Kier molecular flexibility index (Phi) is 4.75. The van der Waals surface area contributed by atoms with Crippen LogP contribution in [0.4, 0.5) is 0 Å². The lowest BCUT2D eigenvalue weighted by Crippen LogP contribution is -2.29. The van der Waals surface area contributed by atoms with Crippen molar-refractivity contribution in [2.75, 3.05) is 6.61 Å². The van der Waals surface area contributed by atoms with Crippen molar-refractivity contribution in [1.29, 1.82) is 0 Å². The van der Waals surface area contributed by atoms with Crippen LogP contribution in [-0.2, 0) is 13.0 Å². The van der Waals surface area contributed by atoms with Gasteiger partial charge in [0.05, 0.1) is 0 Å². The van der Waals surface area contributed by atoms with E-state index in [0.717, 1.165) is 5.56 Å². The summed E-state index contributed by atoms with van der Waals surface area (Å²) in [5.41, 5.74) is 2.91. The summed E-state index contributed by atoms with van der Waals surface area (Å²) in [5, 5.41) is 8.99. The van der Waals surface area contributed by atoms with Crippen molar-refractivity contribution in [2.45, 2.75) is 13.0 Å². The van der Waals surface area contributed by atoms with Crippen LogP contribution in [0.5, 0.6) is 5.75 Å². The van der Waals surface area contributed by atoms with Crippen LogP contribution in [0.2, 0.25) is 0 Å². The SMILES string of the molecule is NNC(=O)c1ccc(COc2ccccc2CCO)o1. The Morgan fingerprint density at radius 2 is 2.10 bits per heavy atom. The number of hydrogen-bond acceptors (Lipinski definition) is 5. The highest BCUT2D eigenvalue weighted by molar-refractivity contribution is 5.90. The van der Waals surface area contributed by atoms with E-state index in [4.69, 9.17) is 20.1 Å². The summed E-state index contributed by atoms with van der Waals surface area (Å²) in [7, 11) is 0. The number of furan rings is 1. The zero-order valence-corrected chi connectivity index (χ0v) is 10.8. The average molecular weight is 276 g/mol. The number of nitrogen functional groups attached to an aromatic ring is 1. The Hall–Kier alpha value is -2.31. The average Bonchev–Trinajstić information content (AvgIpc) is 2.95. The number of rotatable bonds is 6. The second kappa shape index (κ2) is 6.74. The van der Waals surface area contributed by atoms with E-state index in [1.807, 2.05) is 29.7 Å². The van der Waals surface area contributed by atoms with E-state index in [9.17, 15) is 4.79 Å². The van der Waals surface area contributed by atoms with Gasteiger partial charge >= 0.3 is 5.91 Å². The van der Waals surface area contributed by atoms with Crippen LogP contribution in [0, 0.1) is 0 Å². The van der Waals surface area contributed by atoms with Crippen molar-refractivity contribution in [3.05, 3.63) is 53.5 Å². The van der Waals surface area contributed by atoms with E-state index < -0.39 is 5.91 Å². The Labute approximate surface area is 116 Å². The summed E-state index contributed by atoms with van der Waals surface area (Å²) in [4.78, 5) is 11.2. The molecule has 1 heterocycles. The standard InChI is InChI=1S/C14H16N2O4/c15-16-14(18)13-6-5-11(20-13)9-19-12-4-2-1-3-10(12)7-8-17/h1-6,17H,7-9,15H2,(H,16,18). The molecular weight excluding hydrogens is 260 g/mol. The molecule has 0 aliphatic heterocycles. The predicted octanol–water partition coefficient (Wildman–Crippen LogP) is 0.997. The molecule has 2 aromatic rings. The van der Waals surface area contributed by atoms with E-state index in [0.29, 0.717) is 17.9 Å². The number of amides is 1. The second-order valence-electron chi connectivity index (χ2n) is 4.11. The van der Waals surface area contributed by atoms with Crippen LogP contribution in [-0.4, -0.2) is 17.6 Å².